The second-order valence-electron chi connectivity index (χ2n) is 5.39. The summed E-state index contributed by atoms with van der Waals surface area (Å²) in [6.07, 6.45) is 1.55. The Morgan fingerprint density at radius 3 is 2.68 bits per heavy atom. The maximum absolute atomic E-state index is 13.3. The fraction of sp³-hybridized carbons (Fsp3) is 0.294. The third-order valence-corrected chi connectivity index (χ3v) is 3.37. The summed E-state index contributed by atoms with van der Waals surface area (Å²) in [5.41, 5.74) is 2.36. The van der Waals surface area contributed by atoms with Gasteiger partial charge in [-0.3, -0.25) is 9.78 Å². The lowest BCUT2D eigenvalue weighted by Gasteiger charge is -2.08. The van der Waals surface area contributed by atoms with Gasteiger partial charge < -0.3 is 10.4 Å². The summed E-state index contributed by atoms with van der Waals surface area (Å²) in [6, 6.07) is 7.97. The van der Waals surface area contributed by atoms with E-state index in [2.05, 4.69) is 10.3 Å². The second-order valence-corrected chi connectivity index (χ2v) is 5.39. The number of aromatic nitrogens is 1. The molecule has 1 aromatic heterocycles. The summed E-state index contributed by atoms with van der Waals surface area (Å²) in [4.78, 5) is 16.3. The highest BCUT2D eigenvalue weighted by molar-refractivity contribution is 5.93. The van der Waals surface area contributed by atoms with Gasteiger partial charge in [0.25, 0.3) is 5.91 Å². The zero-order valence-corrected chi connectivity index (χ0v) is 12.6. The van der Waals surface area contributed by atoms with Crippen LogP contribution in [0.3, 0.4) is 0 Å². The summed E-state index contributed by atoms with van der Waals surface area (Å²) in [7, 11) is 0. The van der Waals surface area contributed by atoms with Crippen molar-refractivity contribution in [1.82, 2.24) is 10.3 Å². The molecule has 1 heterocycles. The zero-order chi connectivity index (χ0) is 16.1. The van der Waals surface area contributed by atoms with Gasteiger partial charge in [0.15, 0.2) is 0 Å². The van der Waals surface area contributed by atoms with Gasteiger partial charge in [0, 0.05) is 24.0 Å². The minimum absolute atomic E-state index is 0.217. The largest absolute Gasteiger partial charge is 0.392 e. The minimum atomic E-state index is -0.453. The van der Waals surface area contributed by atoms with Gasteiger partial charge >= 0.3 is 0 Å². The standard InChI is InChI=1S/C17H19FN2O2/c1-11(2)16-6-4-13(9-19-16)17(22)20-8-12-3-5-15(18)14(7-12)10-21/h3-7,9,11,21H,8,10H2,1-2H3,(H,20,22). The monoisotopic (exact) mass is 302 g/mol. The molecule has 4 nitrogen and oxygen atoms in total. The van der Waals surface area contributed by atoms with Crippen molar-refractivity contribution >= 4 is 5.91 Å². The van der Waals surface area contributed by atoms with Crippen molar-refractivity contribution in [3.63, 3.8) is 0 Å². The number of nitrogens with zero attached hydrogens (tertiary/aromatic N) is 1. The van der Waals surface area contributed by atoms with Crippen molar-refractivity contribution in [3.05, 3.63) is 64.7 Å². The number of halogens is 1. The summed E-state index contributed by atoms with van der Waals surface area (Å²) >= 11 is 0. The molecule has 0 radical (unpaired) electrons. The Morgan fingerprint density at radius 1 is 1.32 bits per heavy atom. The smallest absolute Gasteiger partial charge is 0.253 e. The topological polar surface area (TPSA) is 62.2 Å². The molecule has 1 aromatic carbocycles. The summed E-state index contributed by atoms with van der Waals surface area (Å²) in [5, 5.41) is 11.8. The van der Waals surface area contributed by atoms with Crippen LogP contribution in [0.2, 0.25) is 0 Å². The number of amides is 1. The molecule has 2 rings (SSSR count). The normalized spacial score (nSPS) is 10.8. The van der Waals surface area contributed by atoms with Crippen LogP contribution in [0.1, 0.15) is 46.9 Å². The molecule has 116 valence electrons. The molecule has 0 fully saturated rings. The molecule has 5 heteroatoms. The third kappa shape index (κ3) is 3.89. The van der Waals surface area contributed by atoms with E-state index in [-0.39, 0.29) is 24.6 Å². The number of hydrogen-bond acceptors (Lipinski definition) is 3. The first kappa shape index (κ1) is 16.1. The molecule has 1 amide bonds. The number of aliphatic hydroxyl groups excluding tert-OH is 1. The molecule has 0 saturated heterocycles. The van der Waals surface area contributed by atoms with E-state index in [1.807, 2.05) is 19.9 Å². The molecule has 0 saturated carbocycles. The van der Waals surface area contributed by atoms with E-state index in [0.717, 1.165) is 11.3 Å². The van der Waals surface area contributed by atoms with Gasteiger partial charge in [-0.1, -0.05) is 19.9 Å². The first-order chi connectivity index (χ1) is 10.5. The van der Waals surface area contributed by atoms with Crippen LogP contribution in [-0.2, 0) is 13.2 Å². The summed E-state index contributed by atoms with van der Waals surface area (Å²) in [6.45, 7) is 3.97. The van der Waals surface area contributed by atoms with E-state index in [0.29, 0.717) is 11.5 Å². The van der Waals surface area contributed by atoms with Gasteiger partial charge in [-0.05, 0) is 35.7 Å². The number of nitrogens with one attached hydrogen (secondary N) is 1. The van der Waals surface area contributed by atoms with Gasteiger partial charge in [0.2, 0.25) is 0 Å². The molecule has 0 aliphatic carbocycles. The van der Waals surface area contributed by atoms with Gasteiger partial charge in [0.1, 0.15) is 5.82 Å². The van der Waals surface area contributed by atoms with Crippen LogP contribution in [-0.4, -0.2) is 16.0 Å². The molecule has 22 heavy (non-hydrogen) atoms. The fourth-order valence-electron chi connectivity index (χ4n) is 2.02. The third-order valence-electron chi connectivity index (χ3n) is 3.37. The Bertz CT molecular complexity index is 654. The highest BCUT2D eigenvalue weighted by atomic mass is 19.1. The highest BCUT2D eigenvalue weighted by Gasteiger charge is 2.08. The molecular weight excluding hydrogens is 283 g/mol. The zero-order valence-electron chi connectivity index (χ0n) is 12.6. The lowest BCUT2D eigenvalue weighted by molar-refractivity contribution is 0.0950. The Hall–Kier alpha value is -2.27. The van der Waals surface area contributed by atoms with Crippen molar-refractivity contribution in [2.45, 2.75) is 32.9 Å². The molecule has 0 atom stereocenters. The van der Waals surface area contributed by atoms with Gasteiger partial charge in [-0.25, -0.2) is 4.39 Å². The maximum atomic E-state index is 13.3. The molecule has 2 N–H and O–H groups in total. The number of rotatable bonds is 5. The fourth-order valence-corrected chi connectivity index (χ4v) is 2.02. The highest BCUT2D eigenvalue weighted by Crippen LogP contribution is 2.12. The van der Waals surface area contributed by atoms with Crippen molar-refractivity contribution in [2.75, 3.05) is 0 Å². The SMILES string of the molecule is CC(C)c1ccc(C(=O)NCc2ccc(F)c(CO)c2)cn1. The lowest BCUT2D eigenvalue weighted by atomic mass is 10.1. The quantitative estimate of drug-likeness (QED) is 0.892. The molecule has 0 aliphatic heterocycles. The van der Waals surface area contributed by atoms with Crippen LogP contribution in [0.15, 0.2) is 36.5 Å². The first-order valence-corrected chi connectivity index (χ1v) is 7.13. The predicted molar refractivity (Wildman–Crippen MR) is 81.8 cm³/mol. The number of carbonyl (C=O) groups excluding carboxylic acids is 1. The van der Waals surface area contributed by atoms with Crippen molar-refractivity contribution in [3.8, 4) is 0 Å². The average Bonchev–Trinajstić information content (AvgIpc) is 2.53. The number of hydrogen-bond donors (Lipinski definition) is 2. The average molecular weight is 302 g/mol. The molecule has 0 aliphatic rings. The van der Waals surface area contributed by atoms with Gasteiger partial charge in [0.05, 0.1) is 12.2 Å². The van der Waals surface area contributed by atoms with Crippen LogP contribution < -0.4 is 5.32 Å². The van der Waals surface area contributed by atoms with Crippen LogP contribution in [0, 0.1) is 5.82 Å². The summed E-state index contributed by atoms with van der Waals surface area (Å²) in [5.74, 6) is -0.378. The molecular formula is C17H19FN2O2. The lowest BCUT2D eigenvalue weighted by Crippen LogP contribution is -2.23. The number of benzene rings is 1. The number of carbonyl (C=O) groups is 1. The second kappa shape index (κ2) is 7.13. The molecule has 0 unspecified atom stereocenters. The molecule has 0 spiro atoms. The van der Waals surface area contributed by atoms with E-state index >= 15 is 0 Å². The molecule has 0 bridgehead atoms. The van der Waals surface area contributed by atoms with Crippen LogP contribution in [0.25, 0.3) is 0 Å². The minimum Gasteiger partial charge on any atom is -0.392 e. The van der Waals surface area contributed by atoms with E-state index < -0.39 is 5.82 Å². The number of pyridine rings is 1. The van der Waals surface area contributed by atoms with Gasteiger partial charge in [-0.2, -0.15) is 0 Å². The predicted octanol–water partition coefficient (Wildman–Crippen LogP) is 2.77. The maximum Gasteiger partial charge on any atom is 0.253 e. The Kier molecular flexibility index (Phi) is 5.22. The van der Waals surface area contributed by atoms with Crippen molar-refractivity contribution in [2.24, 2.45) is 0 Å². The van der Waals surface area contributed by atoms with Crippen molar-refractivity contribution < 1.29 is 14.3 Å². The Morgan fingerprint density at radius 2 is 2.09 bits per heavy atom. The summed E-state index contributed by atoms with van der Waals surface area (Å²) < 4.78 is 13.3. The Balaban J connectivity index is 2.00. The van der Waals surface area contributed by atoms with Crippen LogP contribution in [0.4, 0.5) is 4.39 Å². The Labute approximate surface area is 129 Å². The molecule has 2 aromatic rings. The van der Waals surface area contributed by atoms with E-state index in [4.69, 9.17) is 5.11 Å². The van der Waals surface area contributed by atoms with E-state index in [1.54, 1.807) is 18.3 Å². The van der Waals surface area contributed by atoms with Crippen LogP contribution >= 0.6 is 0 Å². The van der Waals surface area contributed by atoms with Gasteiger partial charge in [-0.15, -0.1) is 0 Å². The van der Waals surface area contributed by atoms with Crippen molar-refractivity contribution in [1.29, 1.82) is 0 Å². The number of aliphatic hydroxyl groups is 1. The first-order valence-electron chi connectivity index (χ1n) is 7.13. The van der Waals surface area contributed by atoms with E-state index in [1.165, 1.54) is 12.1 Å². The van der Waals surface area contributed by atoms with Crippen LogP contribution in [0.5, 0.6) is 0 Å². The van der Waals surface area contributed by atoms with E-state index in [9.17, 15) is 9.18 Å².